The number of rotatable bonds is 5. The van der Waals surface area contributed by atoms with E-state index in [0.717, 1.165) is 47.8 Å². The van der Waals surface area contributed by atoms with Crippen LogP contribution in [-0.2, 0) is 4.79 Å². The fraction of sp³-hybridized carbons (Fsp3) is 0.429. The lowest BCUT2D eigenvalue weighted by Gasteiger charge is -2.34. The molecule has 1 fully saturated rings. The van der Waals surface area contributed by atoms with Gasteiger partial charge in [0.25, 0.3) is 5.91 Å². The minimum Gasteiger partial charge on any atom is -0.324 e. The molecule has 0 spiro atoms. The zero-order valence-corrected chi connectivity index (χ0v) is 16.3. The number of likely N-dealkylation sites (tertiary alicyclic amines) is 1. The van der Waals surface area contributed by atoms with Crippen LogP contribution in [0, 0.1) is 13.8 Å². The molecular weight excluding hydrogens is 340 g/mol. The maximum atomic E-state index is 11.3. The van der Waals surface area contributed by atoms with E-state index in [2.05, 4.69) is 42.4 Å². The number of carbonyl (C=O) groups is 1. The summed E-state index contributed by atoms with van der Waals surface area (Å²) >= 11 is 0. The van der Waals surface area contributed by atoms with Crippen LogP contribution in [0.15, 0.2) is 30.3 Å². The topological polar surface area (TPSA) is 70.4 Å². The van der Waals surface area contributed by atoms with Crippen molar-refractivity contribution >= 4 is 12.0 Å². The zero-order chi connectivity index (χ0) is 19.4. The minimum absolute atomic E-state index is 0.425. The van der Waals surface area contributed by atoms with Crippen LogP contribution in [0.3, 0.4) is 0 Å². The number of carbonyl (C=O) groups excluding carboxylic acids is 1. The van der Waals surface area contributed by atoms with Gasteiger partial charge in [0.1, 0.15) is 5.82 Å². The van der Waals surface area contributed by atoms with E-state index in [1.165, 1.54) is 19.0 Å². The molecule has 1 aromatic carbocycles. The maximum Gasteiger partial charge on any atom is 0.267 e. The van der Waals surface area contributed by atoms with Gasteiger partial charge in [-0.2, -0.15) is 0 Å². The van der Waals surface area contributed by atoms with Crippen LogP contribution in [0.4, 0.5) is 0 Å². The predicted octanol–water partition coefficient (Wildman–Crippen LogP) is 3.34. The number of amides is 1. The molecule has 0 saturated carbocycles. The molecule has 0 radical (unpaired) electrons. The van der Waals surface area contributed by atoms with Crippen molar-refractivity contribution in [1.82, 2.24) is 19.9 Å². The van der Waals surface area contributed by atoms with Crippen molar-refractivity contribution in [3.05, 3.63) is 47.4 Å². The molecule has 1 aliphatic heterocycles. The number of nitrogens with zero attached hydrogens (tertiary/aromatic N) is 3. The van der Waals surface area contributed by atoms with Gasteiger partial charge in [-0.3, -0.25) is 10.0 Å². The largest absolute Gasteiger partial charge is 0.324 e. The Morgan fingerprint density at radius 1 is 1.41 bits per heavy atom. The van der Waals surface area contributed by atoms with Crippen LogP contribution in [0.25, 0.3) is 17.3 Å². The normalized spacial score (nSPS) is 18.1. The van der Waals surface area contributed by atoms with Crippen molar-refractivity contribution in [3.8, 4) is 11.3 Å². The number of likely N-dealkylation sites (N-methyl/N-ethyl adjacent to an activating group) is 1. The lowest BCUT2D eigenvalue weighted by Crippen LogP contribution is -2.36. The van der Waals surface area contributed by atoms with Gasteiger partial charge in [-0.1, -0.05) is 25.1 Å². The Morgan fingerprint density at radius 2 is 2.22 bits per heavy atom. The van der Waals surface area contributed by atoms with E-state index in [-0.39, 0.29) is 0 Å². The molecule has 6 heteroatoms. The summed E-state index contributed by atoms with van der Waals surface area (Å²) in [5.41, 5.74) is 5.78. The van der Waals surface area contributed by atoms with Crippen molar-refractivity contribution in [3.63, 3.8) is 0 Å². The Balaban J connectivity index is 1.98. The maximum absolute atomic E-state index is 11.3. The molecule has 3 rings (SSSR count). The van der Waals surface area contributed by atoms with Gasteiger partial charge < -0.3 is 9.47 Å². The number of hydrogen-bond acceptors (Lipinski definition) is 4. The summed E-state index contributed by atoms with van der Waals surface area (Å²) in [5, 5.41) is 8.64. The summed E-state index contributed by atoms with van der Waals surface area (Å²) in [6.45, 7) is 9.65. The molecule has 1 aromatic heterocycles. The number of hydrogen-bond donors (Lipinski definition) is 2. The fourth-order valence-corrected chi connectivity index (χ4v) is 4.01. The third-order valence-electron chi connectivity index (χ3n) is 5.25. The molecule has 1 atom stereocenters. The van der Waals surface area contributed by atoms with Crippen molar-refractivity contribution in [2.75, 3.05) is 19.6 Å². The first-order chi connectivity index (χ1) is 13.0. The smallest absolute Gasteiger partial charge is 0.267 e. The number of hydroxylamine groups is 1. The zero-order valence-electron chi connectivity index (χ0n) is 16.3. The van der Waals surface area contributed by atoms with Gasteiger partial charge in [0.05, 0.1) is 11.4 Å². The van der Waals surface area contributed by atoms with Crippen molar-refractivity contribution in [1.29, 1.82) is 0 Å². The molecule has 0 bridgehead atoms. The number of imidazole rings is 1. The van der Waals surface area contributed by atoms with E-state index in [4.69, 9.17) is 10.2 Å². The number of piperidine rings is 1. The Morgan fingerprint density at radius 3 is 2.96 bits per heavy atom. The van der Waals surface area contributed by atoms with Crippen molar-refractivity contribution < 1.29 is 10.0 Å². The lowest BCUT2D eigenvalue weighted by atomic mass is 10.0. The monoisotopic (exact) mass is 368 g/mol. The first-order valence-electron chi connectivity index (χ1n) is 9.53. The molecule has 1 aliphatic rings. The summed E-state index contributed by atoms with van der Waals surface area (Å²) in [5.74, 6) is 0.505. The van der Waals surface area contributed by atoms with Gasteiger partial charge in [0, 0.05) is 24.2 Å². The van der Waals surface area contributed by atoms with Crippen molar-refractivity contribution in [2.24, 2.45) is 0 Å². The highest BCUT2D eigenvalue weighted by Gasteiger charge is 2.25. The highest BCUT2D eigenvalue weighted by Crippen LogP contribution is 2.32. The number of aromatic nitrogens is 2. The Kier molecular flexibility index (Phi) is 6.08. The summed E-state index contributed by atoms with van der Waals surface area (Å²) < 4.78 is 2.39. The van der Waals surface area contributed by atoms with Gasteiger partial charge in [0.15, 0.2) is 0 Å². The molecule has 144 valence electrons. The van der Waals surface area contributed by atoms with Crippen LogP contribution >= 0.6 is 0 Å². The summed E-state index contributed by atoms with van der Waals surface area (Å²) in [6, 6.07) is 8.49. The van der Waals surface area contributed by atoms with E-state index < -0.39 is 5.91 Å². The minimum atomic E-state index is -0.542. The standard InChI is InChI=1S/C21H28N4O2/c1-4-24-12-6-9-19(14-24)25-16(3)22-15(2)21(25)18-8-5-7-17(13-18)10-11-20(26)23-27/h5,7-8,10-11,13,19,27H,4,6,9,12,14H2,1-3H3,(H,23,26)/t19-/m1/s1. The molecule has 2 N–H and O–H groups in total. The third kappa shape index (κ3) is 4.28. The van der Waals surface area contributed by atoms with E-state index in [1.807, 2.05) is 12.1 Å². The van der Waals surface area contributed by atoms with Crippen LogP contribution in [0.2, 0.25) is 0 Å². The molecule has 2 heterocycles. The average molecular weight is 368 g/mol. The Labute approximate surface area is 160 Å². The molecule has 2 aromatic rings. The van der Waals surface area contributed by atoms with Crippen molar-refractivity contribution in [2.45, 2.75) is 39.7 Å². The van der Waals surface area contributed by atoms with Gasteiger partial charge >= 0.3 is 0 Å². The SMILES string of the molecule is CCN1CCC[C@@H](n2c(C)nc(C)c2-c2cccc(C=CC(=O)NO)c2)C1. The summed E-state index contributed by atoms with van der Waals surface area (Å²) in [6.07, 6.45) is 5.37. The van der Waals surface area contributed by atoms with Gasteiger partial charge in [0.2, 0.25) is 0 Å². The predicted molar refractivity (Wildman–Crippen MR) is 106 cm³/mol. The molecule has 0 unspecified atom stereocenters. The summed E-state index contributed by atoms with van der Waals surface area (Å²) in [4.78, 5) is 18.5. The highest BCUT2D eigenvalue weighted by atomic mass is 16.5. The third-order valence-corrected chi connectivity index (χ3v) is 5.25. The van der Waals surface area contributed by atoms with Gasteiger partial charge in [-0.15, -0.1) is 0 Å². The van der Waals surface area contributed by atoms with Gasteiger partial charge in [-0.25, -0.2) is 10.5 Å². The molecule has 6 nitrogen and oxygen atoms in total. The first kappa shape index (κ1) is 19.3. The number of nitrogens with one attached hydrogen (secondary N) is 1. The second kappa shape index (κ2) is 8.50. The number of benzene rings is 1. The fourth-order valence-electron chi connectivity index (χ4n) is 4.01. The van der Waals surface area contributed by atoms with E-state index in [9.17, 15) is 4.79 Å². The van der Waals surface area contributed by atoms with E-state index in [1.54, 1.807) is 11.6 Å². The Bertz CT molecular complexity index is 841. The quantitative estimate of drug-likeness (QED) is 0.482. The average Bonchev–Trinajstić information content (AvgIpc) is 3.00. The van der Waals surface area contributed by atoms with Crippen LogP contribution in [-0.4, -0.2) is 45.2 Å². The Hall–Kier alpha value is -2.44. The molecular formula is C21H28N4O2. The van der Waals surface area contributed by atoms with Crippen LogP contribution in [0.5, 0.6) is 0 Å². The molecule has 1 amide bonds. The summed E-state index contributed by atoms with van der Waals surface area (Å²) in [7, 11) is 0. The van der Waals surface area contributed by atoms with Crippen LogP contribution in [0.1, 0.15) is 42.9 Å². The highest BCUT2D eigenvalue weighted by molar-refractivity contribution is 5.91. The van der Waals surface area contributed by atoms with E-state index in [0.29, 0.717) is 6.04 Å². The second-order valence-corrected chi connectivity index (χ2v) is 7.09. The molecule has 27 heavy (non-hydrogen) atoms. The number of aryl methyl sites for hydroxylation is 2. The second-order valence-electron chi connectivity index (χ2n) is 7.09. The van der Waals surface area contributed by atoms with Crippen LogP contribution < -0.4 is 5.48 Å². The van der Waals surface area contributed by atoms with E-state index >= 15 is 0 Å². The molecule has 1 saturated heterocycles. The molecule has 0 aliphatic carbocycles. The van der Waals surface area contributed by atoms with Gasteiger partial charge in [-0.05, 0) is 57.5 Å². The first-order valence-corrected chi connectivity index (χ1v) is 9.53. The lowest BCUT2D eigenvalue weighted by molar-refractivity contribution is -0.124.